The minimum absolute atomic E-state index is 0.0668. The number of carbonyl (C=O) groups excluding carboxylic acids is 3. The first-order chi connectivity index (χ1) is 26.6. The molecule has 0 aromatic heterocycles. The Morgan fingerprint density at radius 1 is 0.364 bits per heavy atom. The van der Waals surface area contributed by atoms with Gasteiger partial charge in [0.15, 0.2) is 6.10 Å². The summed E-state index contributed by atoms with van der Waals surface area (Å²) in [6.07, 6.45) is 38.2. The summed E-state index contributed by atoms with van der Waals surface area (Å²) in [7, 11) is 0. The highest BCUT2D eigenvalue weighted by Gasteiger charge is 2.19. The first-order valence-electron chi connectivity index (χ1n) is 24.1. The molecule has 0 aliphatic carbocycles. The molecule has 0 spiro atoms. The lowest BCUT2D eigenvalue weighted by Gasteiger charge is -2.18. The Kier molecular flexibility index (Phi) is 39.4. The Labute approximate surface area is 342 Å². The highest BCUT2D eigenvalue weighted by Crippen LogP contribution is 2.17. The highest BCUT2D eigenvalue weighted by atomic mass is 16.6. The third-order valence-corrected chi connectivity index (χ3v) is 11.3. The number of unbranched alkanes of at least 4 members (excludes halogenated alkanes) is 24. The topological polar surface area (TPSA) is 78.9 Å². The molecule has 0 heterocycles. The van der Waals surface area contributed by atoms with Crippen LogP contribution in [0, 0.1) is 17.8 Å². The van der Waals surface area contributed by atoms with Crippen molar-refractivity contribution < 1.29 is 28.6 Å². The van der Waals surface area contributed by atoms with Crippen molar-refractivity contribution in [3.8, 4) is 0 Å². The molecule has 0 saturated carbocycles. The van der Waals surface area contributed by atoms with Crippen LogP contribution in [0.25, 0.3) is 0 Å². The molecular weight excluding hydrogens is 685 g/mol. The van der Waals surface area contributed by atoms with Gasteiger partial charge in [-0.3, -0.25) is 14.4 Å². The second kappa shape index (κ2) is 40.6. The van der Waals surface area contributed by atoms with Gasteiger partial charge in [-0.1, -0.05) is 221 Å². The fourth-order valence-electron chi connectivity index (χ4n) is 7.20. The van der Waals surface area contributed by atoms with Gasteiger partial charge in [-0.15, -0.1) is 0 Å². The molecular formula is C49H94O6. The molecule has 326 valence electrons. The van der Waals surface area contributed by atoms with E-state index >= 15 is 0 Å². The summed E-state index contributed by atoms with van der Waals surface area (Å²) in [5.41, 5.74) is 0. The van der Waals surface area contributed by atoms with Crippen LogP contribution in [-0.2, 0) is 28.6 Å². The van der Waals surface area contributed by atoms with E-state index in [-0.39, 0.29) is 31.1 Å². The Balaban J connectivity index is 4.23. The zero-order chi connectivity index (χ0) is 40.6. The zero-order valence-corrected chi connectivity index (χ0v) is 37.7. The van der Waals surface area contributed by atoms with E-state index in [9.17, 15) is 14.4 Å². The van der Waals surface area contributed by atoms with E-state index in [2.05, 4.69) is 41.5 Å². The van der Waals surface area contributed by atoms with Crippen LogP contribution in [0.5, 0.6) is 0 Å². The normalized spacial score (nSPS) is 12.7. The minimum Gasteiger partial charge on any atom is -0.462 e. The van der Waals surface area contributed by atoms with Crippen molar-refractivity contribution in [2.75, 3.05) is 13.2 Å². The van der Waals surface area contributed by atoms with Gasteiger partial charge in [0.2, 0.25) is 0 Å². The van der Waals surface area contributed by atoms with Crippen molar-refractivity contribution in [2.45, 2.75) is 266 Å². The lowest BCUT2D eigenvalue weighted by molar-refractivity contribution is -0.167. The monoisotopic (exact) mass is 779 g/mol. The molecule has 0 aliphatic heterocycles. The maximum atomic E-state index is 12.7. The van der Waals surface area contributed by atoms with Crippen molar-refractivity contribution in [2.24, 2.45) is 17.8 Å². The van der Waals surface area contributed by atoms with Gasteiger partial charge in [-0.25, -0.2) is 0 Å². The van der Waals surface area contributed by atoms with E-state index < -0.39 is 6.10 Å². The van der Waals surface area contributed by atoms with Gasteiger partial charge in [0, 0.05) is 19.3 Å². The van der Waals surface area contributed by atoms with Crippen LogP contribution in [0.3, 0.4) is 0 Å². The van der Waals surface area contributed by atoms with E-state index in [1.807, 2.05) is 0 Å². The molecule has 6 nitrogen and oxygen atoms in total. The molecule has 0 bridgehead atoms. The first kappa shape index (κ1) is 53.4. The summed E-state index contributed by atoms with van der Waals surface area (Å²) in [6.45, 7) is 13.6. The predicted octanol–water partition coefficient (Wildman–Crippen LogP) is 15.2. The van der Waals surface area contributed by atoms with Gasteiger partial charge in [-0.05, 0) is 37.0 Å². The van der Waals surface area contributed by atoms with Crippen LogP contribution in [0.15, 0.2) is 0 Å². The predicted molar refractivity (Wildman–Crippen MR) is 233 cm³/mol. The summed E-state index contributed by atoms with van der Waals surface area (Å²) in [4.78, 5) is 37.7. The van der Waals surface area contributed by atoms with Crippen molar-refractivity contribution in [1.82, 2.24) is 0 Å². The average Bonchev–Trinajstić information content (AvgIpc) is 3.15. The van der Waals surface area contributed by atoms with Gasteiger partial charge in [0.25, 0.3) is 0 Å². The fraction of sp³-hybridized carbons (Fsp3) is 0.939. The lowest BCUT2D eigenvalue weighted by atomic mass is 10.00. The van der Waals surface area contributed by atoms with E-state index in [1.165, 1.54) is 141 Å². The van der Waals surface area contributed by atoms with Crippen molar-refractivity contribution in [1.29, 1.82) is 0 Å². The molecule has 0 fully saturated rings. The highest BCUT2D eigenvalue weighted by molar-refractivity contribution is 5.71. The average molecular weight is 779 g/mol. The van der Waals surface area contributed by atoms with Crippen LogP contribution < -0.4 is 0 Å². The number of rotatable bonds is 42. The fourth-order valence-corrected chi connectivity index (χ4v) is 7.20. The second-order valence-corrected chi connectivity index (χ2v) is 17.9. The van der Waals surface area contributed by atoms with E-state index in [4.69, 9.17) is 14.2 Å². The standard InChI is InChI=1S/C49H94O6/c1-7-45(6)37-31-25-20-22-28-34-40-49(52)55-46(42-54-48(51)39-33-27-21-19-24-30-36-44(4)5)41-53-47(50)38-32-26-18-16-14-12-10-8-9-11-13-15-17-23-29-35-43(2)3/h43-46H,7-42H2,1-6H3/t45?,46-/m1/s1. The quantitative estimate of drug-likeness (QED) is 0.0349. The molecule has 0 rings (SSSR count). The lowest BCUT2D eigenvalue weighted by Crippen LogP contribution is -2.30. The van der Waals surface area contributed by atoms with Crippen LogP contribution in [-0.4, -0.2) is 37.2 Å². The molecule has 0 radical (unpaired) electrons. The Bertz CT molecular complexity index is 854. The van der Waals surface area contributed by atoms with Gasteiger partial charge >= 0.3 is 17.9 Å². The summed E-state index contributed by atoms with van der Waals surface area (Å²) in [5, 5.41) is 0. The molecule has 6 heteroatoms. The Morgan fingerprint density at radius 3 is 0.945 bits per heavy atom. The van der Waals surface area contributed by atoms with Gasteiger partial charge < -0.3 is 14.2 Å². The van der Waals surface area contributed by atoms with E-state index in [0.717, 1.165) is 75.5 Å². The molecule has 55 heavy (non-hydrogen) atoms. The second-order valence-electron chi connectivity index (χ2n) is 17.9. The van der Waals surface area contributed by atoms with Gasteiger partial charge in [0.05, 0.1) is 0 Å². The molecule has 2 atom stereocenters. The van der Waals surface area contributed by atoms with Crippen molar-refractivity contribution in [3.05, 3.63) is 0 Å². The third kappa shape index (κ3) is 41.9. The third-order valence-electron chi connectivity index (χ3n) is 11.3. The van der Waals surface area contributed by atoms with Crippen LogP contribution in [0.2, 0.25) is 0 Å². The number of hydrogen-bond acceptors (Lipinski definition) is 6. The molecule has 0 N–H and O–H groups in total. The summed E-state index contributed by atoms with van der Waals surface area (Å²) >= 11 is 0. The summed E-state index contributed by atoms with van der Waals surface area (Å²) in [5.74, 6) is 1.56. The van der Waals surface area contributed by atoms with Crippen LogP contribution >= 0.6 is 0 Å². The van der Waals surface area contributed by atoms with Crippen LogP contribution in [0.4, 0.5) is 0 Å². The number of ether oxygens (including phenoxy) is 3. The number of hydrogen-bond donors (Lipinski definition) is 0. The SMILES string of the molecule is CCC(C)CCCCCCCCC(=O)O[C@H](COC(=O)CCCCCCCCCCCCCCCCCC(C)C)COC(=O)CCCCCCCCC(C)C. The van der Waals surface area contributed by atoms with Gasteiger partial charge in [-0.2, -0.15) is 0 Å². The van der Waals surface area contributed by atoms with Crippen LogP contribution in [0.1, 0.15) is 260 Å². The molecule has 0 aromatic rings. The first-order valence-corrected chi connectivity index (χ1v) is 24.1. The minimum atomic E-state index is -0.763. The van der Waals surface area contributed by atoms with E-state index in [0.29, 0.717) is 19.3 Å². The molecule has 0 aromatic carbocycles. The summed E-state index contributed by atoms with van der Waals surface area (Å²) in [6, 6.07) is 0. The number of carbonyl (C=O) groups is 3. The molecule has 0 aliphatic rings. The van der Waals surface area contributed by atoms with Crippen molar-refractivity contribution in [3.63, 3.8) is 0 Å². The van der Waals surface area contributed by atoms with Crippen molar-refractivity contribution >= 4 is 17.9 Å². The maximum absolute atomic E-state index is 12.7. The zero-order valence-electron chi connectivity index (χ0n) is 37.7. The van der Waals surface area contributed by atoms with E-state index in [1.54, 1.807) is 0 Å². The smallest absolute Gasteiger partial charge is 0.306 e. The Morgan fingerprint density at radius 2 is 0.636 bits per heavy atom. The molecule has 0 saturated heterocycles. The summed E-state index contributed by atoms with van der Waals surface area (Å²) < 4.78 is 16.7. The number of esters is 3. The molecule has 0 amide bonds. The largest absolute Gasteiger partial charge is 0.462 e. The Hall–Kier alpha value is -1.59. The van der Waals surface area contributed by atoms with Gasteiger partial charge in [0.1, 0.15) is 13.2 Å². The maximum Gasteiger partial charge on any atom is 0.306 e. The molecule has 1 unspecified atom stereocenters.